The Bertz CT molecular complexity index is 381. The van der Waals surface area contributed by atoms with Crippen LogP contribution in [0.25, 0.3) is 0 Å². The lowest BCUT2D eigenvalue weighted by Gasteiger charge is -2.24. The lowest BCUT2D eigenvalue weighted by Crippen LogP contribution is -2.49. The third-order valence-corrected chi connectivity index (χ3v) is 3.39. The summed E-state index contributed by atoms with van der Waals surface area (Å²) >= 11 is 0. The summed E-state index contributed by atoms with van der Waals surface area (Å²) in [7, 11) is 0. The molecule has 1 aliphatic heterocycles. The van der Waals surface area contributed by atoms with Crippen LogP contribution in [-0.4, -0.2) is 59.1 Å². The summed E-state index contributed by atoms with van der Waals surface area (Å²) < 4.78 is 5.14. The van der Waals surface area contributed by atoms with E-state index < -0.39 is 30.1 Å². The fraction of sp³-hybridized carbons (Fsp3) is 0.769. The quantitative estimate of drug-likeness (QED) is 0.716. The van der Waals surface area contributed by atoms with Gasteiger partial charge in [0.2, 0.25) is 11.8 Å². The number of hydrogen-bond donors (Lipinski definition) is 2. The van der Waals surface area contributed by atoms with Crippen LogP contribution in [0, 0.1) is 0 Å². The van der Waals surface area contributed by atoms with Crippen molar-refractivity contribution in [2.24, 2.45) is 0 Å². The van der Waals surface area contributed by atoms with Gasteiger partial charge in [0.25, 0.3) is 0 Å². The van der Waals surface area contributed by atoms with Crippen molar-refractivity contribution < 1.29 is 24.2 Å². The van der Waals surface area contributed by atoms with Gasteiger partial charge in [-0.2, -0.15) is 0 Å². The second-order valence-electron chi connectivity index (χ2n) is 4.77. The number of rotatable bonds is 6. The molecular formula is C13H22N2O5. The van der Waals surface area contributed by atoms with Crippen molar-refractivity contribution in [3.05, 3.63) is 0 Å². The Morgan fingerprint density at radius 1 is 1.25 bits per heavy atom. The SMILES string of the molecule is CCN(CC)C(=O)C(C)NC(=O)[C@@H]1CC[C@H](C(=O)O)O1. The van der Waals surface area contributed by atoms with E-state index in [1.165, 1.54) is 0 Å². The Labute approximate surface area is 118 Å². The van der Waals surface area contributed by atoms with Crippen molar-refractivity contribution in [1.82, 2.24) is 10.2 Å². The van der Waals surface area contributed by atoms with Crippen molar-refractivity contribution in [3.63, 3.8) is 0 Å². The molecule has 1 saturated heterocycles. The number of likely N-dealkylation sites (N-methyl/N-ethyl adjacent to an activating group) is 1. The van der Waals surface area contributed by atoms with Gasteiger partial charge in [0.15, 0.2) is 6.10 Å². The molecule has 114 valence electrons. The summed E-state index contributed by atoms with van der Waals surface area (Å²) in [6, 6.07) is -0.644. The molecular weight excluding hydrogens is 264 g/mol. The first-order valence-corrected chi connectivity index (χ1v) is 6.88. The number of carboxylic acids is 1. The van der Waals surface area contributed by atoms with Gasteiger partial charge < -0.3 is 20.1 Å². The minimum Gasteiger partial charge on any atom is -0.479 e. The van der Waals surface area contributed by atoms with Gasteiger partial charge in [-0.1, -0.05) is 0 Å². The molecule has 0 aromatic carbocycles. The van der Waals surface area contributed by atoms with Crippen molar-refractivity contribution in [2.75, 3.05) is 13.1 Å². The van der Waals surface area contributed by atoms with E-state index in [1.807, 2.05) is 13.8 Å². The molecule has 0 aromatic heterocycles. The predicted molar refractivity (Wildman–Crippen MR) is 71.1 cm³/mol. The van der Waals surface area contributed by atoms with Crippen LogP contribution in [0.1, 0.15) is 33.6 Å². The molecule has 2 amide bonds. The lowest BCUT2D eigenvalue weighted by molar-refractivity contribution is -0.152. The third-order valence-electron chi connectivity index (χ3n) is 3.39. The number of carbonyl (C=O) groups is 3. The number of ether oxygens (including phenoxy) is 1. The number of aliphatic carboxylic acids is 1. The average molecular weight is 286 g/mol. The summed E-state index contributed by atoms with van der Waals surface area (Å²) in [5, 5.41) is 11.4. The van der Waals surface area contributed by atoms with E-state index in [0.717, 1.165) is 0 Å². The molecule has 7 nitrogen and oxygen atoms in total. The average Bonchev–Trinajstić information content (AvgIpc) is 2.89. The van der Waals surface area contributed by atoms with E-state index >= 15 is 0 Å². The van der Waals surface area contributed by atoms with Gasteiger partial charge in [0.05, 0.1) is 0 Å². The molecule has 0 saturated carbocycles. The maximum absolute atomic E-state index is 12.0. The van der Waals surface area contributed by atoms with Crippen LogP contribution in [0.2, 0.25) is 0 Å². The zero-order valence-electron chi connectivity index (χ0n) is 12.1. The number of nitrogens with one attached hydrogen (secondary N) is 1. The highest BCUT2D eigenvalue weighted by molar-refractivity contribution is 5.89. The molecule has 3 atom stereocenters. The molecule has 0 aliphatic carbocycles. The zero-order chi connectivity index (χ0) is 15.3. The number of nitrogens with zero attached hydrogens (tertiary/aromatic N) is 1. The number of carboxylic acid groups (broad SMARTS) is 1. The topological polar surface area (TPSA) is 95.9 Å². The molecule has 7 heteroatoms. The summed E-state index contributed by atoms with van der Waals surface area (Å²) in [5.41, 5.74) is 0. The fourth-order valence-electron chi connectivity index (χ4n) is 2.19. The van der Waals surface area contributed by atoms with E-state index in [1.54, 1.807) is 11.8 Å². The highest BCUT2D eigenvalue weighted by Crippen LogP contribution is 2.20. The van der Waals surface area contributed by atoms with Crippen molar-refractivity contribution in [3.8, 4) is 0 Å². The Morgan fingerprint density at radius 2 is 1.80 bits per heavy atom. The standard InChI is InChI=1S/C13H22N2O5/c1-4-15(5-2)12(17)8(3)14-11(16)9-6-7-10(20-9)13(18)19/h8-10H,4-7H2,1-3H3,(H,14,16)(H,18,19)/t8?,9-,10+/m0/s1. The van der Waals surface area contributed by atoms with E-state index in [0.29, 0.717) is 25.9 Å². The summed E-state index contributed by atoms with van der Waals surface area (Å²) in [4.78, 5) is 36.3. The maximum Gasteiger partial charge on any atom is 0.332 e. The normalized spacial score (nSPS) is 23.1. The number of carbonyl (C=O) groups excluding carboxylic acids is 2. The van der Waals surface area contributed by atoms with Crippen LogP contribution in [0.4, 0.5) is 0 Å². The molecule has 1 rings (SSSR count). The smallest absolute Gasteiger partial charge is 0.332 e. The van der Waals surface area contributed by atoms with Crippen molar-refractivity contribution in [1.29, 1.82) is 0 Å². The molecule has 0 spiro atoms. The summed E-state index contributed by atoms with van der Waals surface area (Å²) in [6.07, 6.45) is -1.05. The van der Waals surface area contributed by atoms with Crippen molar-refractivity contribution in [2.45, 2.75) is 51.9 Å². The Balaban J connectivity index is 2.50. The van der Waals surface area contributed by atoms with Gasteiger partial charge in [-0.25, -0.2) is 4.79 Å². The van der Waals surface area contributed by atoms with Crippen LogP contribution in [0.3, 0.4) is 0 Å². The Morgan fingerprint density at radius 3 is 2.25 bits per heavy atom. The second-order valence-corrected chi connectivity index (χ2v) is 4.77. The zero-order valence-corrected chi connectivity index (χ0v) is 12.1. The maximum atomic E-state index is 12.0. The molecule has 20 heavy (non-hydrogen) atoms. The summed E-state index contributed by atoms with van der Waals surface area (Å²) in [6.45, 7) is 6.51. The second kappa shape index (κ2) is 7.23. The predicted octanol–water partition coefficient (Wildman–Crippen LogP) is -0.00830. The monoisotopic (exact) mass is 286 g/mol. The van der Waals surface area contributed by atoms with Gasteiger partial charge in [-0.05, 0) is 33.6 Å². The highest BCUT2D eigenvalue weighted by atomic mass is 16.5. The molecule has 2 N–H and O–H groups in total. The van der Waals surface area contributed by atoms with Gasteiger partial charge >= 0.3 is 5.97 Å². The lowest BCUT2D eigenvalue weighted by atomic mass is 10.1. The van der Waals surface area contributed by atoms with Gasteiger partial charge in [0.1, 0.15) is 12.1 Å². The number of hydrogen-bond acceptors (Lipinski definition) is 4. The molecule has 1 aliphatic rings. The van der Waals surface area contributed by atoms with E-state index in [-0.39, 0.29) is 5.91 Å². The van der Waals surface area contributed by atoms with Crippen LogP contribution < -0.4 is 5.32 Å². The van der Waals surface area contributed by atoms with Crippen LogP contribution in [0.15, 0.2) is 0 Å². The number of amides is 2. The first-order chi connectivity index (χ1) is 9.40. The molecule has 1 fully saturated rings. The van der Waals surface area contributed by atoms with Gasteiger partial charge in [-0.15, -0.1) is 0 Å². The molecule has 0 radical (unpaired) electrons. The molecule has 0 bridgehead atoms. The first-order valence-electron chi connectivity index (χ1n) is 6.88. The van der Waals surface area contributed by atoms with Gasteiger partial charge in [-0.3, -0.25) is 9.59 Å². The van der Waals surface area contributed by atoms with Gasteiger partial charge in [0, 0.05) is 13.1 Å². The van der Waals surface area contributed by atoms with E-state index in [2.05, 4.69) is 5.32 Å². The Hall–Kier alpha value is -1.63. The Kier molecular flexibility index (Phi) is 5.94. The third kappa shape index (κ3) is 3.93. The summed E-state index contributed by atoms with van der Waals surface area (Å²) in [5.74, 6) is -1.65. The minimum absolute atomic E-state index is 0.156. The van der Waals surface area contributed by atoms with Crippen LogP contribution in [-0.2, 0) is 19.1 Å². The molecule has 0 aromatic rings. The van der Waals surface area contributed by atoms with Crippen LogP contribution >= 0.6 is 0 Å². The van der Waals surface area contributed by atoms with Crippen molar-refractivity contribution >= 4 is 17.8 Å². The van der Waals surface area contributed by atoms with Crippen LogP contribution in [0.5, 0.6) is 0 Å². The highest BCUT2D eigenvalue weighted by Gasteiger charge is 2.35. The molecule has 1 heterocycles. The largest absolute Gasteiger partial charge is 0.479 e. The molecule has 1 unspecified atom stereocenters. The van der Waals surface area contributed by atoms with E-state index in [9.17, 15) is 14.4 Å². The first kappa shape index (κ1) is 16.4. The van der Waals surface area contributed by atoms with E-state index in [4.69, 9.17) is 9.84 Å². The minimum atomic E-state index is -1.06. The fourth-order valence-corrected chi connectivity index (χ4v) is 2.19.